The molecule has 2 aliphatic heterocycles. The summed E-state index contributed by atoms with van der Waals surface area (Å²) >= 11 is 3.79. The van der Waals surface area contributed by atoms with Crippen LogP contribution in [0, 0.1) is 0 Å². The Bertz CT molecular complexity index is 914. The minimum atomic E-state index is 1.27. The zero-order valence-electron chi connectivity index (χ0n) is 13.2. The van der Waals surface area contributed by atoms with Crippen LogP contribution in [-0.4, -0.2) is 7.05 Å². The van der Waals surface area contributed by atoms with Crippen molar-refractivity contribution in [1.82, 2.24) is 0 Å². The normalized spacial score (nSPS) is 15.1. The first-order valence-corrected chi connectivity index (χ1v) is 9.58. The fraction of sp³-hybridized carbons (Fsp3) is 0.0476. The maximum absolute atomic E-state index is 2.30. The molecule has 0 N–H and O–H groups in total. The largest absolute Gasteiger partial charge is 0.344 e. The van der Waals surface area contributed by atoms with Gasteiger partial charge in [0.2, 0.25) is 0 Å². The van der Waals surface area contributed by atoms with E-state index in [1.165, 1.54) is 42.1 Å². The van der Waals surface area contributed by atoms with Crippen molar-refractivity contribution in [2.45, 2.75) is 9.79 Å². The molecule has 24 heavy (non-hydrogen) atoms. The summed E-state index contributed by atoms with van der Waals surface area (Å²) in [4.78, 5) is 5.02. The predicted octanol–water partition coefficient (Wildman–Crippen LogP) is 6.38. The molecular formula is C21H15NS2. The van der Waals surface area contributed by atoms with Crippen LogP contribution >= 0.6 is 23.5 Å². The second-order valence-corrected chi connectivity index (χ2v) is 8.27. The second kappa shape index (κ2) is 5.47. The van der Waals surface area contributed by atoms with E-state index in [9.17, 15) is 0 Å². The van der Waals surface area contributed by atoms with Crippen LogP contribution in [0.2, 0.25) is 0 Å². The highest BCUT2D eigenvalue weighted by atomic mass is 32.2. The average Bonchev–Trinajstić information content (AvgIpc) is 3.06. The van der Waals surface area contributed by atoms with Crippen LogP contribution in [0.25, 0.3) is 5.57 Å². The standard InChI is InChI=1S/C21H15NS2/c1-22-16-10-4-2-8-14(16)20(15-9-3-5-11-17(15)22)21-23-18-12-6-7-13-19(18)24-21/h2-13H,1H3. The van der Waals surface area contributed by atoms with Crippen LogP contribution in [0.1, 0.15) is 11.1 Å². The van der Waals surface area contributed by atoms with Gasteiger partial charge in [-0.25, -0.2) is 0 Å². The van der Waals surface area contributed by atoms with Crippen LogP contribution in [-0.2, 0) is 0 Å². The Kier molecular flexibility index (Phi) is 3.25. The van der Waals surface area contributed by atoms with Crippen LogP contribution < -0.4 is 4.90 Å². The number of hydrogen-bond donors (Lipinski definition) is 0. The second-order valence-electron chi connectivity index (χ2n) is 5.91. The summed E-state index contributed by atoms with van der Waals surface area (Å²) < 4.78 is 1.38. The minimum Gasteiger partial charge on any atom is -0.344 e. The quantitative estimate of drug-likeness (QED) is 0.465. The van der Waals surface area contributed by atoms with E-state index in [-0.39, 0.29) is 0 Å². The van der Waals surface area contributed by atoms with E-state index in [0.717, 1.165) is 0 Å². The van der Waals surface area contributed by atoms with Crippen molar-refractivity contribution in [3.63, 3.8) is 0 Å². The molecule has 0 atom stereocenters. The van der Waals surface area contributed by atoms with Gasteiger partial charge >= 0.3 is 0 Å². The lowest BCUT2D eigenvalue weighted by Crippen LogP contribution is -2.18. The molecule has 0 spiro atoms. The fourth-order valence-corrected chi connectivity index (χ4v) is 6.02. The fourth-order valence-electron chi connectivity index (χ4n) is 3.39. The number of thioether (sulfide) groups is 2. The van der Waals surface area contributed by atoms with Gasteiger partial charge in [0.25, 0.3) is 0 Å². The molecule has 0 aliphatic carbocycles. The molecule has 0 saturated heterocycles. The molecule has 3 aromatic rings. The first-order valence-electron chi connectivity index (χ1n) is 7.94. The van der Waals surface area contributed by atoms with Gasteiger partial charge in [0.1, 0.15) is 0 Å². The molecule has 0 bridgehead atoms. The van der Waals surface area contributed by atoms with Crippen molar-refractivity contribution in [3.05, 3.63) is 88.2 Å². The van der Waals surface area contributed by atoms with Gasteiger partial charge in [-0.15, -0.1) is 0 Å². The third-order valence-corrected chi connectivity index (χ3v) is 7.09. The van der Waals surface area contributed by atoms with E-state index in [1.807, 2.05) is 23.5 Å². The Morgan fingerprint density at radius 3 is 1.62 bits per heavy atom. The molecule has 3 aromatic carbocycles. The first-order chi connectivity index (χ1) is 11.8. The van der Waals surface area contributed by atoms with Gasteiger partial charge in [-0.2, -0.15) is 0 Å². The highest BCUT2D eigenvalue weighted by Gasteiger charge is 2.29. The minimum absolute atomic E-state index is 1.27. The monoisotopic (exact) mass is 345 g/mol. The number of anilines is 2. The van der Waals surface area contributed by atoms with Gasteiger partial charge in [-0.3, -0.25) is 0 Å². The molecule has 0 saturated carbocycles. The lowest BCUT2D eigenvalue weighted by Gasteiger charge is -2.32. The predicted molar refractivity (Wildman–Crippen MR) is 105 cm³/mol. The van der Waals surface area contributed by atoms with Crippen molar-refractivity contribution in [2.75, 3.05) is 11.9 Å². The van der Waals surface area contributed by atoms with Gasteiger partial charge in [-0.1, -0.05) is 72.1 Å². The summed E-state index contributed by atoms with van der Waals surface area (Å²) in [6.45, 7) is 0. The molecule has 0 unspecified atom stereocenters. The molecule has 0 amide bonds. The average molecular weight is 345 g/mol. The van der Waals surface area contributed by atoms with Crippen LogP contribution in [0.5, 0.6) is 0 Å². The van der Waals surface area contributed by atoms with Gasteiger partial charge in [0.05, 0.1) is 4.24 Å². The number of fused-ring (bicyclic) bond motifs is 3. The topological polar surface area (TPSA) is 3.24 Å². The maximum atomic E-state index is 2.30. The van der Waals surface area contributed by atoms with Gasteiger partial charge in [0.15, 0.2) is 0 Å². The van der Waals surface area contributed by atoms with E-state index in [0.29, 0.717) is 0 Å². The number of nitrogens with zero attached hydrogens (tertiary/aromatic N) is 1. The zero-order chi connectivity index (χ0) is 16.1. The molecule has 2 aliphatic rings. The third kappa shape index (κ3) is 2.05. The molecule has 0 aromatic heterocycles. The van der Waals surface area contributed by atoms with Crippen molar-refractivity contribution in [2.24, 2.45) is 0 Å². The van der Waals surface area contributed by atoms with Crippen molar-refractivity contribution >= 4 is 40.5 Å². The molecule has 0 radical (unpaired) electrons. The van der Waals surface area contributed by atoms with Crippen molar-refractivity contribution in [3.8, 4) is 0 Å². The van der Waals surface area contributed by atoms with E-state index in [2.05, 4.69) is 84.7 Å². The summed E-state index contributed by atoms with van der Waals surface area (Å²) in [5, 5.41) is 0. The molecule has 1 nitrogen and oxygen atoms in total. The molecule has 5 rings (SSSR count). The lowest BCUT2D eigenvalue weighted by molar-refractivity contribution is 1.17. The van der Waals surface area contributed by atoms with E-state index < -0.39 is 0 Å². The number of benzene rings is 3. The SMILES string of the molecule is CN1c2ccccc2C(=C2Sc3ccccc3S2)c2ccccc21. The first kappa shape index (κ1) is 14.3. The maximum Gasteiger partial charge on any atom is 0.0585 e. The van der Waals surface area contributed by atoms with Crippen LogP contribution in [0.4, 0.5) is 11.4 Å². The Hall–Kier alpha value is -2.10. The van der Waals surface area contributed by atoms with E-state index in [1.54, 1.807) is 0 Å². The Balaban J connectivity index is 1.78. The summed E-state index contributed by atoms with van der Waals surface area (Å²) in [6, 6.07) is 26.1. The van der Waals surface area contributed by atoms with Gasteiger partial charge in [0, 0.05) is 44.9 Å². The summed E-state index contributed by atoms with van der Waals surface area (Å²) in [5.74, 6) is 0. The van der Waals surface area contributed by atoms with Crippen molar-refractivity contribution in [1.29, 1.82) is 0 Å². The number of rotatable bonds is 0. The zero-order valence-corrected chi connectivity index (χ0v) is 14.8. The Morgan fingerprint density at radius 2 is 1.08 bits per heavy atom. The van der Waals surface area contributed by atoms with Gasteiger partial charge in [-0.05, 0) is 24.3 Å². The Morgan fingerprint density at radius 1 is 0.625 bits per heavy atom. The van der Waals surface area contributed by atoms with E-state index in [4.69, 9.17) is 0 Å². The molecule has 2 heterocycles. The van der Waals surface area contributed by atoms with Crippen LogP contribution in [0.3, 0.4) is 0 Å². The lowest BCUT2D eigenvalue weighted by atomic mass is 9.92. The summed E-state index contributed by atoms with van der Waals surface area (Å²) in [6.07, 6.45) is 0. The molecule has 116 valence electrons. The molecule has 3 heteroatoms. The highest BCUT2D eigenvalue weighted by Crippen LogP contribution is 2.57. The third-order valence-electron chi connectivity index (χ3n) is 4.53. The highest BCUT2D eigenvalue weighted by molar-refractivity contribution is 8.25. The summed E-state index contributed by atoms with van der Waals surface area (Å²) in [5.41, 5.74) is 6.56. The van der Waals surface area contributed by atoms with Crippen LogP contribution in [0.15, 0.2) is 86.8 Å². The summed E-state index contributed by atoms with van der Waals surface area (Å²) in [7, 11) is 2.16. The number of hydrogen-bond acceptors (Lipinski definition) is 3. The number of para-hydroxylation sites is 2. The van der Waals surface area contributed by atoms with Crippen molar-refractivity contribution < 1.29 is 0 Å². The molecular weight excluding hydrogens is 330 g/mol. The smallest absolute Gasteiger partial charge is 0.0585 e. The Labute approximate surface area is 150 Å². The molecule has 0 fully saturated rings. The van der Waals surface area contributed by atoms with E-state index >= 15 is 0 Å². The van der Waals surface area contributed by atoms with Gasteiger partial charge < -0.3 is 4.90 Å².